The molecule has 0 atom stereocenters. The molecule has 76 valence electrons. The van der Waals surface area contributed by atoms with E-state index in [2.05, 4.69) is 62.4 Å². The molecule has 0 saturated carbocycles. The number of aryl methyl sites for hydroxylation is 2. The maximum absolute atomic E-state index is 2.27. The van der Waals surface area contributed by atoms with Gasteiger partial charge in [0.2, 0.25) is 0 Å². The molecule has 0 aromatic heterocycles. The molecule has 0 spiro atoms. The second-order valence-corrected chi connectivity index (χ2v) is 5.91. The van der Waals surface area contributed by atoms with Gasteiger partial charge in [0, 0.05) is 0 Å². The van der Waals surface area contributed by atoms with Crippen LogP contribution >= 0.6 is 0 Å². The molecule has 16 heavy (non-hydrogen) atoms. The van der Waals surface area contributed by atoms with E-state index in [0.717, 1.165) is 23.9 Å². The normalized spacial score (nSPS) is 10.2. The third-order valence-electron chi connectivity index (χ3n) is 2.61. The minimum atomic E-state index is 1.08. The number of rotatable bonds is 2. The monoisotopic (exact) mass is 374 g/mol. The van der Waals surface area contributed by atoms with Crippen LogP contribution in [0.3, 0.4) is 0 Å². The first kappa shape index (κ1) is 11.7. The summed E-state index contributed by atoms with van der Waals surface area (Å²) in [5, 5.41) is 0. The molecule has 0 aliphatic carbocycles. The van der Waals surface area contributed by atoms with Crippen molar-refractivity contribution < 1.29 is 23.9 Å². The summed E-state index contributed by atoms with van der Waals surface area (Å²) in [5.74, 6) is 0. The van der Waals surface area contributed by atoms with Crippen molar-refractivity contribution in [1.82, 2.24) is 0 Å². The molecule has 0 radical (unpaired) electrons. The Morgan fingerprint density at radius 3 is 1.62 bits per heavy atom. The van der Waals surface area contributed by atoms with Gasteiger partial charge in [-0.05, 0) is 0 Å². The van der Waals surface area contributed by atoms with E-state index in [9.17, 15) is 0 Å². The Balaban J connectivity index is 2.39. The SMILES string of the molecule is Cc1cccc([C](=[Hf+2])c2cccc(C)c2)c1. The van der Waals surface area contributed by atoms with Crippen molar-refractivity contribution in [1.29, 1.82) is 0 Å². The second-order valence-electron chi connectivity index (χ2n) is 4.11. The van der Waals surface area contributed by atoms with Crippen LogP contribution in [0.1, 0.15) is 22.3 Å². The molecule has 0 fully saturated rings. The van der Waals surface area contributed by atoms with Gasteiger partial charge < -0.3 is 0 Å². The summed E-state index contributed by atoms with van der Waals surface area (Å²) < 4.78 is 1.48. The van der Waals surface area contributed by atoms with Gasteiger partial charge in [-0.25, -0.2) is 0 Å². The second kappa shape index (κ2) is 5.01. The van der Waals surface area contributed by atoms with E-state index >= 15 is 0 Å². The summed E-state index contributed by atoms with van der Waals surface area (Å²) in [6.07, 6.45) is 0. The van der Waals surface area contributed by atoms with Crippen LogP contribution in [-0.2, 0) is 23.9 Å². The van der Waals surface area contributed by atoms with Crippen LogP contribution in [0.15, 0.2) is 48.5 Å². The van der Waals surface area contributed by atoms with Crippen molar-refractivity contribution in [2.24, 2.45) is 0 Å². The van der Waals surface area contributed by atoms with Gasteiger partial charge in [-0.2, -0.15) is 0 Å². The molecule has 1 heteroatoms. The third kappa shape index (κ3) is 2.65. The molecule has 0 N–H and O–H groups in total. The van der Waals surface area contributed by atoms with Crippen LogP contribution in [0.2, 0.25) is 0 Å². The summed E-state index contributed by atoms with van der Waals surface area (Å²) in [6, 6.07) is 17.5. The number of hydrogen-bond donors (Lipinski definition) is 0. The van der Waals surface area contributed by atoms with Gasteiger partial charge in [0.15, 0.2) is 0 Å². The molecule has 0 heterocycles. The topological polar surface area (TPSA) is 0 Å². The van der Waals surface area contributed by atoms with E-state index in [1.54, 1.807) is 0 Å². The Kier molecular flexibility index (Phi) is 3.65. The first-order valence-electron chi connectivity index (χ1n) is 5.39. The Hall–Kier alpha value is -0.820. The molecule has 0 unspecified atom stereocenters. The van der Waals surface area contributed by atoms with Crippen LogP contribution in [0, 0.1) is 13.8 Å². The molecular weight excluding hydrogens is 359 g/mol. The first-order chi connectivity index (χ1) is 7.66. The molecular formula is C15H14Hf+2. The minimum absolute atomic E-state index is 1.08. The van der Waals surface area contributed by atoms with Crippen molar-refractivity contribution >= 4 is 3.26 Å². The van der Waals surface area contributed by atoms with Gasteiger partial charge in [0.25, 0.3) is 0 Å². The van der Waals surface area contributed by atoms with Crippen LogP contribution in [-0.4, -0.2) is 3.26 Å². The fourth-order valence-corrected chi connectivity index (χ4v) is 2.89. The first-order valence-corrected chi connectivity index (χ1v) is 7.19. The number of benzene rings is 2. The van der Waals surface area contributed by atoms with Crippen molar-refractivity contribution in [3.8, 4) is 0 Å². The van der Waals surface area contributed by atoms with Crippen molar-refractivity contribution in [3.05, 3.63) is 70.8 Å². The molecule has 2 aromatic carbocycles. The summed E-state index contributed by atoms with van der Waals surface area (Å²) in [4.78, 5) is 0. The zero-order valence-electron chi connectivity index (χ0n) is 9.62. The van der Waals surface area contributed by atoms with Gasteiger partial charge >= 0.3 is 112 Å². The Labute approximate surface area is 111 Å². The Bertz CT molecular complexity index is 479. The molecule has 2 rings (SSSR count). The Morgan fingerprint density at radius 1 is 0.812 bits per heavy atom. The van der Waals surface area contributed by atoms with Crippen molar-refractivity contribution in [2.45, 2.75) is 13.8 Å². The van der Waals surface area contributed by atoms with Crippen LogP contribution in [0.4, 0.5) is 0 Å². The van der Waals surface area contributed by atoms with Crippen LogP contribution in [0.5, 0.6) is 0 Å². The maximum atomic E-state index is 2.27. The van der Waals surface area contributed by atoms with Crippen LogP contribution < -0.4 is 0 Å². The van der Waals surface area contributed by atoms with Crippen molar-refractivity contribution in [3.63, 3.8) is 0 Å². The van der Waals surface area contributed by atoms with Gasteiger partial charge in [0.05, 0.1) is 0 Å². The zero-order valence-corrected chi connectivity index (χ0v) is 13.2. The predicted molar refractivity (Wildman–Crippen MR) is 65.6 cm³/mol. The van der Waals surface area contributed by atoms with Crippen LogP contribution in [0.25, 0.3) is 0 Å². The number of hydrogen-bond acceptors (Lipinski definition) is 0. The Morgan fingerprint density at radius 2 is 1.25 bits per heavy atom. The molecule has 2 aromatic rings. The summed E-state index contributed by atoms with van der Waals surface area (Å²) in [5.41, 5.74) is 5.41. The van der Waals surface area contributed by atoms with E-state index < -0.39 is 0 Å². The van der Waals surface area contributed by atoms with E-state index in [0.29, 0.717) is 0 Å². The summed E-state index contributed by atoms with van der Waals surface area (Å²) in [7, 11) is 0. The zero-order chi connectivity index (χ0) is 11.5. The van der Waals surface area contributed by atoms with E-state index in [1.807, 2.05) is 0 Å². The average molecular weight is 373 g/mol. The molecule has 0 bridgehead atoms. The quantitative estimate of drug-likeness (QED) is 0.709. The fourth-order valence-electron chi connectivity index (χ4n) is 1.77. The molecule has 0 aliphatic rings. The van der Waals surface area contributed by atoms with E-state index in [4.69, 9.17) is 0 Å². The van der Waals surface area contributed by atoms with E-state index in [1.165, 1.54) is 25.5 Å². The summed E-state index contributed by atoms with van der Waals surface area (Å²) >= 11 is 1.08. The van der Waals surface area contributed by atoms with Gasteiger partial charge in [-0.15, -0.1) is 0 Å². The standard InChI is InChI=1S/C15H14.Hf/c1-12-5-3-7-14(9-12)11-15-8-4-6-13(2)10-15;/h3-10H,1-2H3;/q;+2. The summed E-state index contributed by atoms with van der Waals surface area (Å²) in [6.45, 7) is 4.29. The molecule has 0 aliphatic heterocycles. The fraction of sp³-hybridized carbons (Fsp3) is 0.133. The molecule has 0 saturated heterocycles. The van der Waals surface area contributed by atoms with Gasteiger partial charge in [-0.3, -0.25) is 0 Å². The van der Waals surface area contributed by atoms with E-state index in [-0.39, 0.29) is 0 Å². The van der Waals surface area contributed by atoms with Crippen molar-refractivity contribution in [2.75, 3.05) is 0 Å². The van der Waals surface area contributed by atoms with Gasteiger partial charge in [0.1, 0.15) is 0 Å². The molecule has 0 nitrogen and oxygen atoms in total. The molecule has 0 amide bonds. The third-order valence-corrected chi connectivity index (χ3v) is 4.69. The predicted octanol–water partition coefficient (Wildman–Crippen LogP) is 3.42. The average Bonchev–Trinajstić information content (AvgIpc) is 2.28. The van der Waals surface area contributed by atoms with Gasteiger partial charge in [-0.1, -0.05) is 0 Å².